The smallest absolute Gasteiger partial charge is 0.325 e. The van der Waals surface area contributed by atoms with E-state index in [0.29, 0.717) is 21.9 Å². The average molecular weight is 369 g/mol. The Morgan fingerprint density at radius 1 is 1.42 bits per heavy atom. The van der Waals surface area contributed by atoms with E-state index in [9.17, 15) is 9.59 Å². The number of halogens is 1. The molecular formula is C15H13ClN2O5S. The summed E-state index contributed by atoms with van der Waals surface area (Å²) in [5.41, 5.74) is 0.621. The molecule has 3 rings (SSSR count). The maximum absolute atomic E-state index is 12.2. The summed E-state index contributed by atoms with van der Waals surface area (Å²) in [6.45, 7) is 0.563. The number of carbonyl (C=O) groups excluding carboxylic acids is 2. The van der Waals surface area contributed by atoms with Crippen molar-refractivity contribution >= 4 is 45.0 Å². The maximum atomic E-state index is 12.2. The zero-order valence-corrected chi connectivity index (χ0v) is 14.2. The van der Waals surface area contributed by atoms with Crippen LogP contribution in [0.4, 0.5) is 0 Å². The summed E-state index contributed by atoms with van der Waals surface area (Å²) in [6, 6.07) is 5.33. The number of aromatic nitrogens is 1. The fourth-order valence-electron chi connectivity index (χ4n) is 2.13. The molecule has 0 N–H and O–H groups in total. The first kappa shape index (κ1) is 16.5. The van der Waals surface area contributed by atoms with Gasteiger partial charge in [-0.3, -0.25) is 9.59 Å². The molecule has 0 saturated heterocycles. The largest absolute Gasteiger partial charge is 0.494 e. The molecule has 0 fully saturated rings. The van der Waals surface area contributed by atoms with E-state index in [1.807, 2.05) is 6.07 Å². The molecule has 1 aliphatic heterocycles. The molecule has 1 aliphatic rings. The van der Waals surface area contributed by atoms with Crippen LogP contribution in [0.3, 0.4) is 0 Å². The Morgan fingerprint density at radius 2 is 2.25 bits per heavy atom. The molecule has 0 atom stereocenters. The van der Waals surface area contributed by atoms with Crippen molar-refractivity contribution in [1.82, 2.24) is 4.57 Å². The van der Waals surface area contributed by atoms with E-state index in [4.69, 9.17) is 25.8 Å². The second-order valence-electron chi connectivity index (χ2n) is 4.75. The molecule has 0 saturated carbocycles. The van der Waals surface area contributed by atoms with Crippen LogP contribution in [-0.4, -0.2) is 36.8 Å². The third-order valence-corrected chi connectivity index (χ3v) is 4.57. The van der Waals surface area contributed by atoms with Gasteiger partial charge >= 0.3 is 11.9 Å². The van der Waals surface area contributed by atoms with Gasteiger partial charge in [-0.25, -0.2) is 0 Å². The Hall–Kier alpha value is -2.32. The first-order chi connectivity index (χ1) is 11.6. The van der Waals surface area contributed by atoms with Gasteiger partial charge in [0.1, 0.15) is 26.0 Å². The second-order valence-corrected chi connectivity index (χ2v) is 6.17. The third-order valence-electron chi connectivity index (χ3n) is 3.22. The molecule has 0 bridgehead atoms. The lowest BCUT2D eigenvalue weighted by Gasteiger charge is -2.12. The number of hydrogen-bond acceptors (Lipinski definition) is 6. The minimum absolute atomic E-state index is 0.0226. The number of thiazole rings is 1. The molecule has 2 heterocycles. The summed E-state index contributed by atoms with van der Waals surface area (Å²) in [7, 11) is 1.29. The lowest BCUT2D eigenvalue weighted by molar-refractivity contribution is -0.141. The molecule has 0 aliphatic carbocycles. The SMILES string of the molecule is COC(=O)Cn1c(=NC(=O)C2=COCCO2)sc2cccc(Cl)c21. The van der Waals surface area contributed by atoms with Crippen LogP contribution in [0.25, 0.3) is 10.2 Å². The number of fused-ring (bicyclic) bond motifs is 1. The van der Waals surface area contributed by atoms with Crippen molar-refractivity contribution in [1.29, 1.82) is 0 Å². The van der Waals surface area contributed by atoms with E-state index < -0.39 is 11.9 Å². The summed E-state index contributed by atoms with van der Waals surface area (Å²) in [4.78, 5) is 28.3. The van der Waals surface area contributed by atoms with Crippen LogP contribution in [0, 0.1) is 0 Å². The Balaban J connectivity index is 2.12. The van der Waals surface area contributed by atoms with E-state index in [2.05, 4.69) is 4.99 Å². The molecule has 1 aromatic carbocycles. The highest BCUT2D eigenvalue weighted by Gasteiger charge is 2.17. The van der Waals surface area contributed by atoms with Crippen molar-refractivity contribution in [2.45, 2.75) is 6.54 Å². The van der Waals surface area contributed by atoms with Crippen LogP contribution in [0.2, 0.25) is 5.02 Å². The van der Waals surface area contributed by atoms with E-state index in [1.54, 1.807) is 16.7 Å². The van der Waals surface area contributed by atoms with Crippen molar-refractivity contribution in [2.75, 3.05) is 20.3 Å². The van der Waals surface area contributed by atoms with Crippen LogP contribution in [0.1, 0.15) is 0 Å². The van der Waals surface area contributed by atoms with Crippen LogP contribution in [0.5, 0.6) is 0 Å². The summed E-state index contributed by atoms with van der Waals surface area (Å²) in [5, 5.41) is 0.456. The van der Waals surface area contributed by atoms with E-state index in [0.717, 1.165) is 4.70 Å². The van der Waals surface area contributed by atoms with Gasteiger partial charge < -0.3 is 18.8 Å². The van der Waals surface area contributed by atoms with Gasteiger partial charge in [-0.05, 0) is 12.1 Å². The Morgan fingerprint density at radius 3 is 2.96 bits per heavy atom. The van der Waals surface area contributed by atoms with Crippen molar-refractivity contribution < 1.29 is 23.8 Å². The standard InChI is InChI=1S/C15H13ClN2O5S/c1-21-12(19)7-18-13-9(16)3-2-4-11(13)24-15(18)17-14(20)10-8-22-5-6-23-10/h2-4,8H,5-7H2,1H3. The molecule has 2 aromatic rings. The molecular weight excluding hydrogens is 356 g/mol. The minimum Gasteiger partial charge on any atom is -0.494 e. The maximum Gasteiger partial charge on any atom is 0.325 e. The normalized spacial score (nSPS) is 14.8. The van der Waals surface area contributed by atoms with Gasteiger partial charge in [-0.2, -0.15) is 4.99 Å². The molecule has 7 nitrogen and oxygen atoms in total. The highest BCUT2D eigenvalue weighted by Crippen LogP contribution is 2.25. The van der Waals surface area contributed by atoms with Crippen molar-refractivity contribution in [2.24, 2.45) is 4.99 Å². The lowest BCUT2D eigenvalue weighted by Crippen LogP contribution is -2.23. The molecule has 9 heteroatoms. The predicted molar refractivity (Wildman–Crippen MR) is 87.4 cm³/mol. The number of rotatable bonds is 3. The molecule has 24 heavy (non-hydrogen) atoms. The van der Waals surface area contributed by atoms with Crippen LogP contribution in [0.15, 0.2) is 35.2 Å². The van der Waals surface area contributed by atoms with Crippen LogP contribution < -0.4 is 4.80 Å². The second kappa shape index (κ2) is 7.06. The fourth-order valence-corrected chi connectivity index (χ4v) is 3.52. The number of amides is 1. The lowest BCUT2D eigenvalue weighted by atomic mass is 10.3. The van der Waals surface area contributed by atoms with Crippen molar-refractivity contribution in [3.05, 3.63) is 40.0 Å². The van der Waals surface area contributed by atoms with Gasteiger partial charge in [0, 0.05) is 0 Å². The fraction of sp³-hybridized carbons (Fsp3) is 0.267. The van der Waals surface area contributed by atoms with Gasteiger partial charge in [0.05, 0.1) is 22.3 Å². The Bertz CT molecular complexity index is 899. The number of methoxy groups -OCH3 is 1. The van der Waals surface area contributed by atoms with Gasteiger partial charge in [0.2, 0.25) is 5.76 Å². The molecule has 0 radical (unpaired) electrons. The number of benzene rings is 1. The number of hydrogen-bond donors (Lipinski definition) is 0. The number of nitrogens with zero attached hydrogens (tertiary/aromatic N) is 2. The summed E-state index contributed by atoms with van der Waals surface area (Å²) in [6.07, 6.45) is 1.24. The molecule has 0 spiro atoms. The monoisotopic (exact) mass is 368 g/mol. The van der Waals surface area contributed by atoms with Crippen molar-refractivity contribution in [3.8, 4) is 0 Å². The Kier molecular flexibility index (Phi) is 4.86. The van der Waals surface area contributed by atoms with Gasteiger partial charge in [-0.15, -0.1) is 0 Å². The molecule has 1 aromatic heterocycles. The summed E-state index contributed by atoms with van der Waals surface area (Å²) in [5.74, 6) is -1.04. The zero-order valence-electron chi connectivity index (χ0n) is 12.7. The third kappa shape index (κ3) is 3.29. The highest BCUT2D eigenvalue weighted by molar-refractivity contribution is 7.16. The predicted octanol–water partition coefficient (Wildman–Crippen LogP) is 1.84. The van der Waals surface area contributed by atoms with Gasteiger partial charge in [0.25, 0.3) is 0 Å². The van der Waals surface area contributed by atoms with Crippen molar-refractivity contribution in [3.63, 3.8) is 0 Å². The minimum atomic E-state index is -0.587. The van der Waals surface area contributed by atoms with Crippen LogP contribution in [-0.2, 0) is 30.3 Å². The molecule has 0 unspecified atom stereocenters. The summed E-state index contributed by atoms with van der Waals surface area (Å²) < 4.78 is 17.3. The van der Waals surface area contributed by atoms with Crippen LogP contribution >= 0.6 is 22.9 Å². The quantitative estimate of drug-likeness (QED) is 0.772. The average Bonchev–Trinajstić information content (AvgIpc) is 2.94. The van der Waals surface area contributed by atoms with E-state index in [-0.39, 0.29) is 18.9 Å². The first-order valence-electron chi connectivity index (χ1n) is 6.98. The molecule has 1 amide bonds. The van der Waals surface area contributed by atoms with Gasteiger partial charge in [0.15, 0.2) is 4.80 Å². The number of esters is 1. The molecule has 126 valence electrons. The Labute approximate surface area is 145 Å². The zero-order chi connectivity index (χ0) is 17.1. The van der Waals surface area contributed by atoms with E-state index >= 15 is 0 Å². The van der Waals surface area contributed by atoms with Gasteiger partial charge in [-0.1, -0.05) is 29.0 Å². The number of ether oxygens (including phenoxy) is 3. The first-order valence-corrected chi connectivity index (χ1v) is 8.18. The topological polar surface area (TPSA) is 79.1 Å². The number of carbonyl (C=O) groups is 2. The number of para-hydroxylation sites is 1. The highest BCUT2D eigenvalue weighted by atomic mass is 35.5. The van der Waals surface area contributed by atoms with E-state index in [1.165, 1.54) is 24.7 Å². The summed E-state index contributed by atoms with van der Waals surface area (Å²) >= 11 is 7.48.